The molecule has 0 aliphatic carbocycles. The summed E-state index contributed by atoms with van der Waals surface area (Å²) in [6.45, 7) is 3.74. The van der Waals surface area contributed by atoms with E-state index in [1.54, 1.807) is 0 Å². The van der Waals surface area contributed by atoms with Crippen LogP contribution in [0.5, 0.6) is 0 Å². The lowest BCUT2D eigenvalue weighted by Crippen LogP contribution is -2.58. The highest BCUT2D eigenvalue weighted by molar-refractivity contribution is 6.30. The Hall–Kier alpha value is -1.62. The van der Waals surface area contributed by atoms with Gasteiger partial charge in [-0.15, -0.1) is 0 Å². The van der Waals surface area contributed by atoms with Crippen molar-refractivity contribution in [3.63, 3.8) is 0 Å². The van der Waals surface area contributed by atoms with Crippen LogP contribution in [0.25, 0.3) is 0 Å². The molecular weight excluding hydrogens is 283 g/mol. The fraction of sp³-hybridized carbons (Fsp3) is 0.429. The molecule has 1 unspecified atom stereocenters. The van der Waals surface area contributed by atoms with Crippen molar-refractivity contribution >= 4 is 29.1 Å². The summed E-state index contributed by atoms with van der Waals surface area (Å²) < 4.78 is 13.9. The van der Waals surface area contributed by atoms with Crippen LogP contribution in [-0.4, -0.2) is 24.4 Å². The smallest absolute Gasteiger partial charge is 0.250 e. The molecule has 2 rings (SSSR count). The van der Waals surface area contributed by atoms with Crippen LogP contribution >= 0.6 is 11.6 Å². The number of halogens is 2. The summed E-state index contributed by atoms with van der Waals surface area (Å²) >= 11 is 5.70. The van der Waals surface area contributed by atoms with Gasteiger partial charge in [0.15, 0.2) is 0 Å². The monoisotopic (exact) mass is 298 g/mol. The fourth-order valence-electron chi connectivity index (χ4n) is 2.25. The minimum atomic E-state index is -0.608. The minimum Gasteiger partial charge on any atom is -0.343 e. The summed E-state index contributed by atoms with van der Waals surface area (Å²) in [4.78, 5) is 25.2. The first-order chi connectivity index (χ1) is 9.38. The first kappa shape index (κ1) is 14.8. The lowest BCUT2D eigenvalue weighted by molar-refractivity contribution is -0.131. The van der Waals surface area contributed by atoms with Crippen molar-refractivity contribution < 1.29 is 14.0 Å². The number of carbonyl (C=O) groups is 2. The Labute approximate surface area is 121 Å². The second kappa shape index (κ2) is 5.79. The molecule has 1 aliphatic rings. The van der Waals surface area contributed by atoms with Gasteiger partial charge in [0.1, 0.15) is 18.4 Å². The van der Waals surface area contributed by atoms with Crippen molar-refractivity contribution in [1.29, 1.82) is 0 Å². The van der Waals surface area contributed by atoms with Gasteiger partial charge < -0.3 is 5.32 Å². The third-order valence-corrected chi connectivity index (χ3v) is 3.34. The van der Waals surface area contributed by atoms with E-state index in [2.05, 4.69) is 5.32 Å². The number of nitrogens with one attached hydrogen (secondary N) is 1. The summed E-state index contributed by atoms with van der Waals surface area (Å²) in [5.74, 6) is -0.938. The van der Waals surface area contributed by atoms with E-state index in [1.165, 1.54) is 17.0 Å². The molecule has 108 valence electrons. The number of rotatable bonds is 3. The van der Waals surface area contributed by atoms with Gasteiger partial charge in [-0.2, -0.15) is 0 Å². The number of anilines is 1. The summed E-state index contributed by atoms with van der Waals surface area (Å²) in [6.07, 6.45) is 0.524. The second-order valence-corrected chi connectivity index (χ2v) is 5.71. The lowest BCUT2D eigenvalue weighted by Gasteiger charge is -2.33. The SMILES string of the molecule is CC(C)CC1NC(=O)CN(c2ccc(Cl)cc2F)C1=O. The Morgan fingerprint density at radius 2 is 2.15 bits per heavy atom. The third-order valence-electron chi connectivity index (χ3n) is 3.11. The van der Waals surface area contributed by atoms with Gasteiger partial charge in [0, 0.05) is 5.02 Å². The van der Waals surface area contributed by atoms with Crippen LogP contribution in [0.1, 0.15) is 20.3 Å². The Bertz CT molecular complexity index is 548. The molecule has 0 aromatic heterocycles. The Morgan fingerprint density at radius 1 is 1.45 bits per heavy atom. The molecule has 1 heterocycles. The van der Waals surface area contributed by atoms with Crippen molar-refractivity contribution in [2.45, 2.75) is 26.3 Å². The van der Waals surface area contributed by atoms with Crippen molar-refractivity contribution in [2.24, 2.45) is 5.92 Å². The maximum absolute atomic E-state index is 13.9. The molecule has 20 heavy (non-hydrogen) atoms. The van der Waals surface area contributed by atoms with E-state index in [0.717, 1.165) is 6.07 Å². The normalized spacial score (nSPS) is 19.4. The molecule has 4 nitrogen and oxygen atoms in total. The first-order valence-corrected chi connectivity index (χ1v) is 6.82. The average molecular weight is 299 g/mol. The lowest BCUT2D eigenvalue weighted by atomic mass is 10.0. The number of piperazine rings is 1. The molecule has 1 aromatic rings. The molecule has 1 fully saturated rings. The molecule has 1 aliphatic heterocycles. The molecule has 0 bridgehead atoms. The highest BCUT2D eigenvalue weighted by Gasteiger charge is 2.34. The van der Waals surface area contributed by atoms with E-state index < -0.39 is 11.9 Å². The summed E-state index contributed by atoms with van der Waals surface area (Å²) in [5.41, 5.74) is 0.0861. The molecule has 1 saturated heterocycles. The second-order valence-electron chi connectivity index (χ2n) is 5.27. The number of nitrogens with zero attached hydrogens (tertiary/aromatic N) is 1. The Balaban J connectivity index is 2.30. The van der Waals surface area contributed by atoms with Crippen molar-refractivity contribution in [2.75, 3.05) is 11.4 Å². The van der Waals surface area contributed by atoms with Crippen molar-refractivity contribution in [3.8, 4) is 0 Å². The molecule has 0 saturated carbocycles. The fourth-order valence-corrected chi connectivity index (χ4v) is 2.41. The van der Waals surface area contributed by atoms with E-state index in [9.17, 15) is 14.0 Å². The van der Waals surface area contributed by atoms with Gasteiger partial charge in [0.05, 0.1) is 5.69 Å². The Morgan fingerprint density at radius 3 is 2.75 bits per heavy atom. The van der Waals surface area contributed by atoms with E-state index in [0.29, 0.717) is 6.42 Å². The van der Waals surface area contributed by atoms with E-state index >= 15 is 0 Å². The van der Waals surface area contributed by atoms with Crippen LogP contribution in [0, 0.1) is 11.7 Å². The number of amides is 2. The molecular formula is C14H16ClFN2O2. The topological polar surface area (TPSA) is 49.4 Å². The largest absolute Gasteiger partial charge is 0.343 e. The van der Waals surface area contributed by atoms with E-state index in [1.807, 2.05) is 13.8 Å². The maximum Gasteiger partial charge on any atom is 0.250 e. The molecule has 1 aromatic carbocycles. The number of hydrogen-bond donors (Lipinski definition) is 1. The van der Waals surface area contributed by atoms with E-state index in [4.69, 9.17) is 11.6 Å². The summed E-state index contributed by atoms with van der Waals surface area (Å²) in [6, 6.07) is 3.44. The average Bonchev–Trinajstić information content (AvgIpc) is 2.33. The summed E-state index contributed by atoms with van der Waals surface area (Å²) in [5, 5.41) is 2.90. The summed E-state index contributed by atoms with van der Waals surface area (Å²) in [7, 11) is 0. The third kappa shape index (κ3) is 3.10. The number of benzene rings is 1. The van der Waals surface area contributed by atoms with E-state index in [-0.39, 0.29) is 35.0 Å². The van der Waals surface area contributed by atoms with Crippen LogP contribution in [0.3, 0.4) is 0 Å². The zero-order valence-electron chi connectivity index (χ0n) is 11.3. The van der Waals surface area contributed by atoms with Crippen LogP contribution in [-0.2, 0) is 9.59 Å². The zero-order valence-corrected chi connectivity index (χ0v) is 12.1. The van der Waals surface area contributed by atoms with Gasteiger partial charge in [-0.3, -0.25) is 14.5 Å². The predicted octanol–water partition coefficient (Wildman–Crippen LogP) is 2.36. The van der Waals surface area contributed by atoms with Crippen LogP contribution in [0.15, 0.2) is 18.2 Å². The maximum atomic E-state index is 13.9. The number of carbonyl (C=O) groups excluding carboxylic acids is 2. The van der Waals surface area contributed by atoms with Crippen LogP contribution in [0.4, 0.5) is 10.1 Å². The van der Waals surface area contributed by atoms with Crippen molar-refractivity contribution in [3.05, 3.63) is 29.0 Å². The number of hydrogen-bond acceptors (Lipinski definition) is 2. The molecule has 1 atom stereocenters. The molecule has 0 radical (unpaired) electrons. The molecule has 1 N–H and O–H groups in total. The quantitative estimate of drug-likeness (QED) is 0.931. The van der Waals surface area contributed by atoms with Crippen molar-refractivity contribution in [1.82, 2.24) is 5.32 Å². The van der Waals surface area contributed by atoms with Gasteiger partial charge in [-0.05, 0) is 30.5 Å². The van der Waals surface area contributed by atoms with Gasteiger partial charge in [0.2, 0.25) is 11.8 Å². The molecule has 2 amide bonds. The van der Waals surface area contributed by atoms with Gasteiger partial charge >= 0.3 is 0 Å². The molecule has 0 spiro atoms. The Kier molecular flexibility index (Phi) is 4.28. The highest BCUT2D eigenvalue weighted by atomic mass is 35.5. The van der Waals surface area contributed by atoms with Gasteiger partial charge in [0.25, 0.3) is 0 Å². The van der Waals surface area contributed by atoms with Crippen LogP contribution < -0.4 is 10.2 Å². The highest BCUT2D eigenvalue weighted by Crippen LogP contribution is 2.25. The van der Waals surface area contributed by atoms with Gasteiger partial charge in [-0.1, -0.05) is 25.4 Å². The van der Waals surface area contributed by atoms with Crippen LogP contribution in [0.2, 0.25) is 5.02 Å². The standard InChI is InChI=1S/C14H16ClFN2O2/c1-8(2)5-11-14(20)18(7-13(19)17-11)12-4-3-9(15)6-10(12)16/h3-4,6,8,11H,5,7H2,1-2H3,(H,17,19). The minimum absolute atomic E-state index is 0.0861. The zero-order chi connectivity index (χ0) is 14.9. The first-order valence-electron chi connectivity index (χ1n) is 6.44. The predicted molar refractivity (Wildman–Crippen MR) is 75.1 cm³/mol. The molecule has 6 heteroatoms. The van der Waals surface area contributed by atoms with Gasteiger partial charge in [-0.25, -0.2) is 4.39 Å².